The summed E-state index contributed by atoms with van der Waals surface area (Å²) in [7, 11) is 4.12. The van der Waals surface area contributed by atoms with Gasteiger partial charge in [0.15, 0.2) is 0 Å². The predicted octanol–water partition coefficient (Wildman–Crippen LogP) is 2.14. The molecule has 1 aromatic rings. The molecule has 1 aromatic carbocycles. The lowest BCUT2D eigenvalue weighted by Crippen LogP contribution is -2.33. The number of hydrogen-bond acceptors (Lipinski definition) is 4. The van der Waals surface area contributed by atoms with Crippen LogP contribution >= 0.6 is 0 Å². The molecule has 1 fully saturated rings. The van der Waals surface area contributed by atoms with Gasteiger partial charge in [-0.1, -0.05) is 12.1 Å². The Hall–Kier alpha value is -1.10. The van der Waals surface area contributed by atoms with Crippen LogP contribution in [0.5, 0.6) is 5.75 Å². The third-order valence-electron chi connectivity index (χ3n) is 3.85. The summed E-state index contributed by atoms with van der Waals surface area (Å²) >= 11 is 0. The molecular weight excluding hydrogens is 264 g/mol. The van der Waals surface area contributed by atoms with Gasteiger partial charge in [0.2, 0.25) is 0 Å². The fourth-order valence-corrected chi connectivity index (χ4v) is 2.75. The fourth-order valence-electron chi connectivity index (χ4n) is 2.75. The molecule has 2 rings (SSSR count). The predicted molar refractivity (Wildman–Crippen MR) is 85.7 cm³/mol. The topological polar surface area (TPSA) is 33.7 Å². The van der Waals surface area contributed by atoms with E-state index >= 15 is 0 Å². The van der Waals surface area contributed by atoms with Crippen LogP contribution in [0.15, 0.2) is 24.3 Å². The minimum absolute atomic E-state index is 0.683. The van der Waals surface area contributed by atoms with E-state index in [-0.39, 0.29) is 0 Å². The van der Waals surface area contributed by atoms with Gasteiger partial charge in [0.1, 0.15) is 12.4 Å². The van der Waals surface area contributed by atoms with Crippen molar-refractivity contribution in [3.05, 3.63) is 29.8 Å². The minimum atomic E-state index is 0.683. The second-order valence-corrected chi connectivity index (χ2v) is 5.87. The Morgan fingerprint density at radius 2 is 2.33 bits per heavy atom. The molecule has 0 aliphatic carbocycles. The Kier molecular flexibility index (Phi) is 7.00. The van der Waals surface area contributed by atoms with Gasteiger partial charge < -0.3 is 19.7 Å². The van der Waals surface area contributed by atoms with Gasteiger partial charge in [-0.15, -0.1) is 0 Å². The third-order valence-corrected chi connectivity index (χ3v) is 3.85. The maximum Gasteiger partial charge on any atom is 0.119 e. The molecule has 4 nitrogen and oxygen atoms in total. The summed E-state index contributed by atoms with van der Waals surface area (Å²) in [6.45, 7) is 5.51. The SMILES string of the molecule is CNCc1cccc(OCCN(C)CC2CCCOC2)c1. The van der Waals surface area contributed by atoms with Gasteiger partial charge in [-0.25, -0.2) is 0 Å². The van der Waals surface area contributed by atoms with Crippen molar-refractivity contribution in [3.8, 4) is 5.75 Å². The second-order valence-electron chi connectivity index (χ2n) is 5.87. The lowest BCUT2D eigenvalue weighted by molar-refractivity contribution is 0.0405. The van der Waals surface area contributed by atoms with E-state index in [0.29, 0.717) is 5.92 Å². The molecule has 1 unspecified atom stereocenters. The van der Waals surface area contributed by atoms with Gasteiger partial charge in [-0.2, -0.15) is 0 Å². The first-order valence-electron chi connectivity index (χ1n) is 7.90. The third kappa shape index (κ3) is 6.04. The lowest BCUT2D eigenvalue weighted by Gasteiger charge is -2.27. The summed E-state index contributed by atoms with van der Waals surface area (Å²) in [6, 6.07) is 8.28. The molecule has 1 heterocycles. The largest absolute Gasteiger partial charge is 0.492 e. The highest BCUT2D eigenvalue weighted by Crippen LogP contribution is 2.15. The number of benzene rings is 1. The van der Waals surface area contributed by atoms with E-state index in [1.807, 2.05) is 19.2 Å². The van der Waals surface area contributed by atoms with Gasteiger partial charge >= 0.3 is 0 Å². The zero-order chi connectivity index (χ0) is 14.9. The van der Waals surface area contributed by atoms with Crippen LogP contribution in [0.4, 0.5) is 0 Å². The summed E-state index contributed by atoms with van der Waals surface area (Å²) in [6.07, 6.45) is 2.49. The number of nitrogens with zero attached hydrogens (tertiary/aromatic N) is 1. The van der Waals surface area contributed by atoms with Crippen LogP contribution in [-0.2, 0) is 11.3 Å². The van der Waals surface area contributed by atoms with Gasteiger partial charge in [0.05, 0.1) is 6.61 Å². The van der Waals surface area contributed by atoms with Gasteiger partial charge in [0.25, 0.3) is 0 Å². The molecule has 1 saturated heterocycles. The Morgan fingerprint density at radius 1 is 1.43 bits per heavy atom. The van der Waals surface area contributed by atoms with Crippen molar-refractivity contribution in [2.75, 3.05) is 47.0 Å². The van der Waals surface area contributed by atoms with Crippen LogP contribution in [0.1, 0.15) is 18.4 Å². The number of rotatable bonds is 8. The molecule has 1 aliphatic heterocycles. The van der Waals surface area contributed by atoms with Crippen molar-refractivity contribution >= 4 is 0 Å². The van der Waals surface area contributed by atoms with Crippen LogP contribution in [0.25, 0.3) is 0 Å². The van der Waals surface area contributed by atoms with Gasteiger partial charge in [-0.3, -0.25) is 0 Å². The van der Waals surface area contributed by atoms with E-state index in [2.05, 4.69) is 29.4 Å². The summed E-state index contributed by atoms with van der Waals surface area (Å²) in [4.78, 5) is 2.34. The molecule has 0 spiro atoms. The van der Waals surface area contributed by atoms with Crippen LogP contribution in [0.2, 0.25) is 0 Å². The molecular formula is C17H28N2O2. The van der Waals surface area contributed by atoms with Crippen molar-refractivity contribution in [1.82, 2.24) is 10.2 Å². The van der Waals surface area contributed by atoms with Crippen molar-refractivity contribution in [2.45, 2.75) is 19.4 Å². The maximum absolute atomic E-state index is 5.85. The molecule has 0 amide bonds. The molecule has 0 saturated carbocycles. The van der Waals surface area contributed by atoms with E-state index in [1.54, 1.807) is 0 Å². The number of nitrogens with one attached hydrogen (secondary N) is 1. The quantitative estimate of drug-likeness (QED) is 0.796. The molecule has 0 aromatic heterocycles. The van der Waals surface area contributed by atoms with Crippen molar-refractivity contribution < 1.29 is 9.47 Å². The van der Waals surface area contributed by atoms with Crippen LogP contribution in [0, 0.1) is 5.92 Å². The van der Waals surface area contributed by atoms with Crippen LogP contribution in [-0.4, -0.2) is 51.9 Å². The Morgan fingerprint density at radius 3 is 3.10 bits per heavy atom. The zero-order valence-electron chi connectivity index (χ0n) is 13.3. The summed E-state index contributed by atoms with van der Waals surface area (Å²) in [5.74, 6) is 1.64. The molecule has 0 bridgehead atoms. The van der Waals surface area contributed by atoms with Crippen molar-refractivity contribution in [2.24, 2.45) is 5.92 Å². The number of ether oxygens (including phenoxy) is 2. The zero-order valence-corrected chi connectivity index (χ0v) is 13.3. The molecule has 1 aliphatic rings. The highest BCUT2D eigenvalue weighted by atomic mass is 16.5. The summed E-state index contributed by atoms with van der Waals surface area (Å²) in [5.41, 5.74) is 1.25. The highest BCUT2D eigenvalue weighted by molar-refractivity contribution is 5.28. The Bertz CT molecular complexity index is 406. The number of likely N-dealkylation sites (N-methyl/N-ethyl adjacent to an activating group) is 1. The molecule has 0 radical (unpaired) electrons. The first-order valence-corrected chi connectivity index (χ1v) is 7.90. The Balaban J connectivity index is 1.67. The van der Waals surface area contributed by atoms with Gasteiger partial charge in [-0.05, 0) is 50.6 Å². The normalized spacial score (nSPS) is 18.9. The van der Waals surface area contributed by atoms with Gasteiger partial charge in [0, 0.05) is 26.2 Å². The second kappa shape index (κ2) is 9.03. The summed E-state index contributed by atoms with van der Waals surface area (Å²) < 4.78 is 11.4. The number of hydrogen-bond donors (Lipinski definition) is 1. The van der Waals surface area contributed by atoms with E-state index < -0.39 is 0 Å². The van der Waals surface area contributed by atoms with E-state index in [9.17, 15) is 0 Å². The average molecular weight is 292 g/mol. The standard InChI is InChI=1S/C17H28N2O2/c1-18-12-15-5-3-7-17(11-15)21-10-8-19(2)13-16-6-4-9-20-14-16/h3,5,7,11,16,18H,4,6,8-10,12-14H2,1-2H3. The van der Waals surface area contributed by atoms with Crippen molar-refractivity contribution in [1.29, 1.82) is 0 Å². The molecule has 21 heavy (non-hydrogen) atoms. The van der Waals surface area contributed by atoms with Crippen LogP contribution < -0.4 is 10.1 Å². The monoisotopic (exact) mass is 292 g/mol. The fraction of sp³-hybridized carbons (Fsp3) is 0.647. The van der Waals surface area contributed by atoms with E-state index in [4.69, 9.17) is 9.47 Å². The first kappa shape index (κ1) is 16.3. The van der Waals surface area contributed by atoms with E-state index in [1.165, 1.54) is 18.4 Å². The lowest BCUT2D eigenvalue weighted by atomic mass is 10.0. The minimum Gasteiger partial charge on any atom is -0.492 e. The molecule has 118 valence electrons. The molecule has 1 N–H and O–H groups in total. The molecule has 4 heteroatoms. The molecule has 1 atom stereocenters. The van der Waals surface area contributed by atoms with E-state index in [0.717, 1.165) is 45.2 Å². The average Bonchev–Trinajstić information content (AvgIpc) is 2.49. The smallest absolute Gasteiger partial charge is 0.119 e. The van der Waals surface area contributed by atoms with Crippen molar-refractivity contribution in [3.63, 3.8) is 0 Å². The maximum atomic E-state index is 5.85. The Labute approximate surface area is 128 Å². The highest BCUT2D eigenvalue weighted by Gasteiger charge is 2.15. The first-order chi connectivity index (χ1) is 10.3. The van der Waals surface area contributed by atoms with Crippen LogP contribution in [0.3, 0.4) is 0 Å². The summed E-state index contributed by atoms with van der Waals surface area (Å²) in [5, 5.41) is 3.16.